The van der Waals surface area contributed by atoms with Crippen LogP contribution in [0.2, 0.25) is 0 Å². The molecule has 0 saturated carbocycles. The average molecular weight is 386 g/mol. The molecule has 0 aliphatic heterocycles. The minimum absolute atomic E-state index is 0.0451. The minimum atomic E-state index is -0.212. The molecule has 0 aliphatic carbocycles. The zero-order chi connectivity index (χ0) is 20.4. The maximum Gasteiger partial charge on any atom is 0.262 e. The monoisotopic (exact) mass is 386 g/mol. The van der Waals surface area contributed by atoms with Crippen molar-refractivity contribution in [2.45, 2.75) is 20.8 Å². The topological polar surface area (TPSA) is 64.4 Å². The van der Waals surface area contributed by atoms with Gasteiger partial charge in [-0.1, -0.05) is 18.2 Å². The van der Waals surface area contributed by atoms with Gasteiger partial charge in [0, 0.05) is 11.3 Å². The number of hydrogen-bond acceptors (Lipinski definition) is 4. The first-order valence-corrected chi connectivity index (χ1v) is 9.46. The summed E-state index contributed by atoms with van der Waals surface area (Å²) in [6.45, 7) is 5.97. The van der Waals surface area contributed by atoms with E-state index in [0.717, 1.165) is 39.1 Å². The van der Waals surface area contributed by atoms with E-state index in [1.54, 1.807) is 0 Å². The molecule has 3 aromatic carbocycles. The van der Waals surface area contributed by atoms with Crippen LogP contribution in [0.25, 0.3) is 22.6 Å². The third kappa shape index (κ3) is 4.14. The third-order valence-corrected chi connectivity index (χ3v) is 4.87. The number of benzene rings is 3. The van der Waals surface area contributed by atoms with Gasteiger partial charge in [0.25, 0.3) is 5.91 Å². The van der Waals surface area contributed by atoms with Gasteiger partial charge in [-0.2, -0.15) is 0 Å². The molecule has 0 aliphatic rings. The van der Waals surface area contributed by atoms with E-state index in [4.69, 9.17) is 9.15 Å². The van der Waals surface area contributed by atoms with E-state index >= 15 is 0 Å². The molecule has 5 heteroatoms. The number of oxazole rings is 1. The first-order chi connectivity index (χ1) is 14.0. The van der Waals surface area contributed by atoms with E-state index in [9.17, 15) is 4.79 Å². The molecule has 29 heavy (non-hydrogen) atoms. The van der Waals surface area contributed by atoms with Crippen LogP contribution in [0.5, 0.6) is 5.75 Å². The third-order valence-electron chi connectivity index (χ3n) is 4.87. The molecule has 0 saturated heterocycles. The van der Waals surface area contributed by atoms with E-state index in [1.807, 2.05) is 81.4 Å². The number of aromatic nitrogens is 1. The van der Waals surface area contributed by atoms with E-state index in [0.29, 0.717) is 11.6 Å². The number of amides is 1. The van der Waals surface area contributed by atoms with Crippen molar-refractivity contribution in [2.75, 3.05) is 11.9 Å². The number of ether oxygens (including phenoxy) is 1. The number of rotatable bonds is 5. The summed E-state index contributed by atoms with van der Waals surface area (Å²) >= 11 is 0. The zero-order valence-electron chi connectivity index (χ0n) is 16.7. The molecule has 4 aromatic rings. The second kappa shape index (κ2) is 7.80. The number of anilines is 1. The Balaban J connectivity index is 1.41. The van der Waals surface area contributed by atoms with Crippen molar-refractivity contribution in [1.29, 1.82) is 0 Å². The Morgan fingerprint density at radius 1 is 1.03 bits per heavy atom. The molecule has 0 fully saturated rings. The molecule has 1 aromatic heterocycles. The van der Waals surface area contributed by atoms with E-state index < -0.39 is 0 Å². The number of aryl methyl sites for hydroxylation is 2. The van der Waals surface area contributed by atoms with Crippen LogP contribution in [0.15, 0.2) is 65.1 Å². The first kappa shape index (κ1) is 18.7. The van der Waals surface area contributed by atoms with Gasteiger partial charge in [0.15, 0.2) is 12.2 Å². The molecule has 5 nitrogen and oxygen atoms in total. The molecule has 4 rings (SSSR count). The minimum Gasteiger partial charge on any atom is -0.483 e. The van der Waals surface area contributed by atoms with Gasteiger partial charge >= 0.3 is 0 Å². The predicted octanol–water partition coefficient (Wildman–Crippen LogP) is 5.44. The molecule has 0 unspecified atom stereocenters. The smallest absolute Gasteiger partial charge is 0.262 e. The van der Waals surface area contributed by atoms with Crippen LogP contribution in [0.4, 0.5) is 5.69 Å². The lowest BCUT2D eigenvalue weighted by atomic mass is 10.1. The van der Waals surface area contributed by atoms with Gasteiger partial charge in [-0.05, 0) is 79.9 Å². The summed E-state index contributed by atoms with van der Waals surface area (Å²) < 4.78 is 11.5. The molecule has 0 spiro atoms. The molecule has 0 radical (unpaired) electrons. The highest BCUT2D eigenvalue weighted by Crippen LogP contribution is 2.26. The molecule has 0 bridgehead atoms. The number of hydrogen-bond donors (Lipinski definition) is 1. The van der Waals surface area contributed by atoms with Gasteiger partial charge < -0.3 is 14.5 Å². The molecule has 1 N–H and O–H groups in total. The largest absolute Gasteiger partial charge is 0.483 e. The van der Waals surface area contributed by atoms with Crippen LogP contribution in [0.3, 0.4) is 0 Å². The molecular formula is C24H22N2O3. The van der Waals surface area contributed by atoms with Crippen LogP contribution in [0.1, 0.15) is 16.7 Å². The van der Waals surface area contributed by atoms with Gasteiger partial charge in [-0.25, -0.2) is 4.98 Å². The summed E-state index contributed by atoms with van der Waals surface area (Å²) in [6, 6.07) is 19.1. The van der Waals surface area contributed by atoms with E-state index in [2.05, 4.69) is 10.3 Å². The zero-order valence-corrected chi connectivity index (χ0v) is 16.7. The lowest BCUT2D eigenvalue weighted by Gasteiger charge is -2.11. The Hall–Kier alpha value is -3.60. The van der Waals surface area contributed by atoms with Crippen molar-refractivity contribution in [3.05, 3.63) is 77.4 Å². The number of fused-ring (bicyclic) bond motifs is 1. The predicted molar refractivity (Wildman–Crippen MR) is 114 cm³/mol. The van der Waals surface area contributed by atoms with Crippen LogP contribution in [-0.2, 0) is 4.79 Å². The molecule has 1 heterocycles. The summed E-state index contributed by atoms with van der Waals surface area (Å²) in [6.07, 6.45) is 0. The Labute approximate surface area is 169 Å². The van der Waals surface area contributed by atoms with Gasteiger partial charge in [0.05, 0.1) is 0 Å². The Morgan fingerprint density at radius 3 is 2.62 bits per heavy atom. The van der Waals surface area contributed by atoms with E-state index in [-0.39, 0.29) is 12.5 Å². The van der Waals surface area contributed by atoms with Gasteiger partial charge in [-0.15, -0.1) is 0 Å². The summed E-state index contributed by atoms with van der Waals surface area (Å²) in [4.78, 5) is 16.7. The normalized spacial score (nSPS) is 10.9. The first-order valence-electron chi connectivity index (χ1n) is 9.46. The number of carbonyl (C=O) groups is 1. The lowest BCUT2D eigenvalue weighted by Crippen LogP contribution is -2.20. The van der Waals surface area contributed by atoms with Crippen LogP contribution in [0, 0.1) is 20.8 Å². The van der Waals surface area contributed by atoms with E-state index in [1.165, 1.54) is 0 Å². The molecule has 1 amide bonds. The van der Waals surface area contributed by atoms with Crippen LogP contribution in [-0.4, -0.2) is 17.5 Å². The second-order valence-electron chi connectivity index (χ2n) is 7.10. The Bertz CT molecular complexity index is 1180. The SMILES string of the molecule is Cc1ccc2nc(-c3ccc(NC(=O)COc4cccc(C)c4C)cc3)oc2c1. The highest BCUT2D eigenvalue weighted by molar-refractivity contribution is 5.92. The summed E-state index contributed by atoms with van der Waals surface area (Å²) in [5, 5.41) is 2.84. The Morgan fingerprint density at radius 2 is 1.83 bits per heavy atom. The summed E-state index contributed by atoms with van der Waals surface area (Å²) in [7, 11) is 0. The summed E-state index contributed by atoms with van der Waals surface area (Å²) in [5.41, 5.74) is 6.43. The Kier molecular flexibility index (Phi) is 5.04. The fourth-order valence-corrected chi connectivity index (χ4v) is 3.07. The average Bonchev–Trinajstić information content (AvgIpc) is 3.13. The molecule has 146 valence electrons. The highest BCUT2D eigenvalue weighted by Gasteiger charge is 2.10. The van der Waals surface area contributed by atoms with Crippen molar-refractivity contribution in [3.63, 3.8) is 0 Å². The number of nitrogens with zero attached hydrogens (tertiary/aromatic N) is 1. The lowest BCUT2D eigenvalue weighted by molar-refractivity contribution is -0.118. The standard InChI is InChI=1S/C24H22N2O3/c1-15-7-12-20-22(13-15)29-24(26-20)18-8-10-19(11-9-18)25-23(27)14-28-21-6-4-5-16(2)17(21)3/h4-13H,14H2,1-3H3,(H,25,27). The molecule has 0 atom stereocenters. The fourth-order valence-electron chi connectivity index (χ4n) is 3.07. The van der Waals surface area contributed by atoms with Gasteiger partial charge in [0.1, 0.15) is 11.3 Å². The van der Waals surface area contributed by atoms with Crippen molar-refractivity contribution in [1.82, 2.24) is 4.98 Å². The van der Waals surface area contributed by atoms with Gasteiger partial charge in [-0.3, -0.25) is 4.79 Å². The maximum absolute atomic E-state index is 12.2. The maximum atomic E-state index is 12.2. The van der Waals surface area contributed by atoms with Crippen molar-refractivity contribution >= 4 is 22.7 Å². The number of carbonyl (C=O) groups excluding carboxylic acids is 1. The van der Waals surface area contributed by atoms with Crippen molar-refractivity contribution in [3.8, 4) is 17.2 Å². The molecular weight excluding hydrogens is 364 g/mol. The quantitative estimate of drug-likeness (QED) is 0.496. The van der Waals surface area contributed by atoms with Crippen molar-refractivity contribution < 1.29 is 13.9 Å². The summed E-state index contributed by atoms with van der Waals surface area (Å²) in [5.74, 6) is 1.07. The highest BCUT2D eigenvalue weighted by atomic mass is 16.5. The fraction of sp³-hybridized carbons (Fsp3) is 0.167. The number of nitrogens with one attached hydrogen (secondary N) is 1. The van der Waals surface area contributed by atoms with Crippen LogP contribution < -0.4 is 10.1 Å². The van der Waals surface area contributed by atoms with Crippen molar-refractivity contribution in [2.24, 2.45) is 0 Å². The van der Waals surface area contributed by atoms with Gasteiger partial charge in [0.2, 0.25) is 5.89 Å². The second-order valence-corrected chi connectivity index (χ2v) is 7.10. The van der Waals surface area contributed by atoms with Crippen LogP contribution >= 0.6 is 0 Å².